The number of carbonyl (C=O) groups is 4. The molecule has 0 atom stereocenters. The number of halogens is 10. The van der Waals surface area contributed by atoms with Gasteiger partial charge in [0.05, 0.1) is 97.6 Å². The SMILES string of the molecule is CC(C)(CO)CBr.CC(C)(CO)Cn1cc(-n2c(C3CC3)c(Sc3cccc(C(=O)[O-])c3F)c3ccc(Cl)c(F)c32)cn1.CCOC(=O)c1cccc(Sc2c(C3CC3)n(-c3cn[nH]c3)c3c(F)c(Cl)ccc23)c1F.CCOC(=O)c1cccc(Sc2c(C3CC3)n(-c3cnn(CC(C)(C)CO)c3)c3c(F)c(Cl)ccc23)c1F.O=CO[O-].[Cs+].[Cs+].[H-].[Na+]. The quantitative estimate of drug-likeness (QED) is 0.00746. The van der Waals surface area contributed by atoms with Gasteiger partial charge in [-0.2, -0.15) is 15.3 Å². The monoisotopic (exact) mass is 2080 g/mol. The second-order valence-corrected chi connectivity index (χ2v) is 35.1. The average molecular weight is 2080 g/mol. The molecule has 6 aromatic heterocycles. The number of carboxylic acid groups (broad SMARTS) is 1. The van der Waals surface area contributed by atoms with Crippen LogP contribution in [0.3, 0.4) is 0 Å². The number of aliphatic hydroxyl groups is 3. The van der Waals surface area contributed by atoms with E-state index in [1.807, 2.05) is 56.9 Å². The molecule has 0 unspecified atom stereocenters. The molecule has 37 heteroatoms. The van der Waals surface area contributed by atoms with Crippen molar-refractivity contribution in [3.8, 4) is 17.1 Å². The molecule has 15 rings (SSSR count). The summed E-state index contributed by atoms with van der Waals surface area (Å²) in [6.45, 7) is 16.3. The van der Waals surface area contributed by atoms with Crippen LogP contribution >= 0.6 is 86.0 Å². The zero-order valence-electron chi connectivity index (χ0n) is 68.4. The summed E-state index contributed by atoms with van der Waals surface area (Å²) < 4.78 is 111. The number of ether oxygens (including phenoxy) is 2. The second kappa shape index (κ2) is 44.9. The van der Waals surface area contributed by atoms with Gasteiger partial charge in [-0.25, -0.2) is 35.9 Å². The topological polar surface area (TPSA) is 282 Å². The van der Waals surface area contributed by atoms with Crippen LogP contribution in [-0.2, 0) is 32.2 Å². The molecule has 0 aliphatic heterocycles. The molecule has 3 fully saturated rings. The number of nitrogens with one attached hydrogen (secondary N) is 1. The number of rotatable bonds is 26. The number of esters is 2. The van der Waals surface area contributed by atoms with E-state index in [0.717, 1.165) is 83.7 Å². The molecule has 6 heterocycles. The fourth-order valence-corrected chi connectivity index (χ4v) is 16.9. The number of benzene rings is 6. The minimum absolute atomic E-state index is 0. The van der Waals surface area contributed by atoms with Gasteiger partial charge in [0.2, 0.25) is 0 Å². The summed E-state index contributed by atoms with van der Waals surface area (Å²) in [5.74, 6) is -6.51. The fourth-order valence-electron chi connectivity index (χ4n) is 12.7. The normalized spacial score (nSPS) is 13.1. The molecule has 0 saturated heterocycles. The van der Waals surface area contributed by atoms with Gasteiger partial charge in [-0.15, -0.1) is 0 Å². The standard InChI is InChI=1S/C28H28ClF2N3O3S.C26H24ClF2N3O3S.C23H18ClF2N3O2S.C5H11BrO.CH2O3.2Cs.Na.H/c1-4-37-27(36)18-6-5-7-21(22(18)30)38-26-19-10-11-20(29)23(31)25(19)34(24(26)16-8-9-16)17-12-32-33(13-17)14-28(2,3)15-35;1-26(2,13-33)12-31-11-15(10-30-31)32-22(14-6-7-14)24(17-8-9-18(27)21(29)23(17)32)36-19-5-3-4-16(20(19)28)25(34)35;1-2-31-23(30)14-4-3-5-17(18(14)25)32-22-15-8-9-16(24)19(26)21(15)29(13-10-27-28-11-13)20(22)12-6-7-12;1-5(2,3-6)4-7;2-1-4-3;;;;/h5-7,10-13,16,35H,4,8-9,14-15H2,1-3H3;3-5,8-11,14,33H,6-7,12-13H2,1-2H3,(H,34,35);3-5,8-12H,2,6-7H2,1H3,(H,27,28);7H,3-4H2,1-2H3;1,3H;;;;/q;;;;;3*+1;-1/p-2. The Kier molecular flexibility index (Phi) is 38.1. The van der Waals surface area contributed by atoms with Gasteiger partial charge in [-0.1, -0.05) is 152 Å². The Morgan fingerprint density at radius 2 is 0.867 bits per heavy atom. The Bertz CT molecular complexity index is 5680. The number of aromatic carboxylic acids is 1. The summed E-state index contributed by atoms with van der Waals surface area (Å²) in [6, 6.07) is 23.0. The van der Waals surface area contributed by atoms with Crippen LogP contribution in [0.2, 0.25) is 15.1 Å². The van der Waals surface area contributed by atoms with E-state index in [2.05, 4.69) is 41.2 Å². The van der Waals surface area contributed by atoms with Crippen molar-refractivity contribution >= 4 is 143 Å². The van der Waals surface area contributed by atoms with Crippen LogP contribution in [0.5, 0.6) is 0 Å². The van der Waals surface area contributed by atoms with Crippen LogP contribution in [0.4, 0.5) is 26.3 Å². The second-order valence-electron chi connectivity index (χ2n) is 30.2. The number of H-pyrrole nitrogens is 1. The van der Waals surface area contributed by atoms with Crippen molar-refractivity contribution in [2.75, 3.05) is 38.4 Å². The van der Waals surface area contributed by atoms with Crippen molar-refractivity contribution in [2.45, 2.75) is 154 Å². The van der Waals surface area contributed by atoms with E-state index in [9.17, 15) is 29.7 Å². The third kappa shape index (κ3) is 23.8. The molecular formula is C83H82BrCl3Cs2F6N9NaO12S3. The molecule has 622 valence electrons. The van der Waals surface area contributed by atoms with Gasteiger partial charge in [0.1, 0.15) is 5.82 Å². The molecule has 0 bridgehead atoms. The van der Waals surface area contributed by atoms with Crippen LogP contribution in [0.15, 0.2) is 158 Å². The van der Waals surface area contributed by atoms with Crippen molar-refractivity contribution in [2.24, 2.45) is 16.2 Å². The smallest absolute Gasteiger partial charge is 1.00 e. The van der Waals surface area contributed by atoms with E-state index in [0.29, 0.717) is 67.1 Å². The zero-order chi connectivity index (χ0) is 84.7. The third-order valence-electron chi connectivity index (χ3n) is 19.0. The molecule has 3 aliphatic rings. The predicted octanol–water partition coefficient (Wildman–Crippen LogP) is 9.60. The van der Waals surface area contributed by atoms with Gasteiger partial charge in [0.25, 0.3) is 6.47 Å². The molecule has 0 amide bonds. The number of alkyl halides is 1. The summed E-state index contributed by atoms with van der Waals surface area (Å²) >= 11 is 25.2. The Balaban J connectivity index is 0.000000232. The number of hydrogen-bond acceptors (Lipinski definition) is 18. The summed E-state index contributed by atoms with van der Waals surface area (Å²) in [6.07, 6.45) is 15.7. The first-order valence-corrected chi connectivity index (χ1v) is 41.7. The Labute approximate surface area is 865 Å². The van der Waals surface area contributed by atoms with Crippen LogP contribution in [0.1, 0.15) is 161 Å². The molecule has 120 heavy (non-hydrogen) atoms. The van der Waals surface area contributed by atoms with Crippen molar-refractivity contribution in [1.29, 1.82) is 0 Å². The zero-order valence-corrected chi connectivity index (χ0v) is 88.3. The van der Waals surface area contributed by atoms with Crippen molar-refractivity contribution < 1.29 is 254 Å². The number of aromatic nitrogens is 9. The largest absolute Gasteiger partial charge is 1.00 e. The van der Waals surface area contributed by atoms with E-state index in [4.69, 9.17) is 59.4 Å². The average Bonchev–Trinajstić information content (AvgIpc) is 1.58. The Morgan fingerprint density at radius 1 is 0.542 bits per heavy atom. The molecule has 4 N–H and O–H groups in total. The number of hydrogen-bond donors (Lipinski definition) is 4. The first-order valence-electron chi connectivity index (χ1n) is 37.0. The van der Waals surface area contributed by atoms with Crippen LogP contribution in [0, 0.1) is 51.1 Å². The fraction of sp³-hybridized carbons (Fsp3) is 0.337. The molecule has 3 aliphatic carbocycles. The maximum Gasteiger partial charge on any atom is 1.00 e. The molecule has 21 nitrogen and oxygen atoms in total. The molecule has 6 aromatic carbocycles. The van der Waals surface area contributed by atoms with Crippen LogP contribution < -0.4 is 178 Å². The maximum atomic E-state index is 15.7. The number of carboxylic acids is 1. The van der Waals surface area contributed by atoms with Gasteiger partial charge in [0, 0.05) is 154 Å². The van der Waals surface area contributed by atoms with E-state index >= 15 is 26.3 Å². The predicted molar refractivity (Wildman–Crippen MR) is 437 cm³/mol. The van der Waals surface area contributed by atoms with Gasteiger partial charge in [0.15, 0.2) is 29.1 Å². The molecule has 0 radical (unpaired) electrons. The number of carbonyl (C=O) groups excluding carboxylic acids is 4. The molecule has 0 spiro atoms. The van der Waals surface area contributed by atoms with E-state index in [-0.39, 0.29) is 278 Å². The summed E-state index contributed by atoms with van der Waals surface area (Å²) in [5.41, 5.74) is 3.82. The van der Waals surface area contributed by atoms with Crippen LogP contribution in [0.25, 0.3) is 49.8 Å². The minimum Gasteiger partial charge on any atom is -1.00 e. The van der Waals surface area contributed by atoms with Crippen molar-refractivity contribution in [1.82, 2.24) is 43.5 Å². The molecule has 3 saturated carbocycles. The number of nitrogens with zero attached hydrogens (tertiary/aromatic N) is 8. The number of fused-ring (bicyclic) bond motifs is 3. The summed E-state index contributed by atoms with van der Waals surface area (Å²) in [4.78, 5) is 49.8. The van der Waals surface area contributed by atoms with Gasteiger partial charge < -0.3 is 60.0 Å². The number of aliphatic hydroxyl groups excluding tert-OH is 3. The first-order chi connectivity index (χ1) is 55.8. The molecular weight excluding hydrogens is 2000 g/mol. The third-order valence-corrected chi connectivity index (χ3v) is 24.9. The van der Waals surface area contributed by atoms with E-state index < -0.39 is 69.2 Å². The first kappa shape index (κ1) is 102. The van der Waals surface area contributed by atoms with E-state index in [1.54, 1.807) is 101 Å². The van der Waals surface area contributed by atoms with E-state index in [1.165, 1.54) is 66.0 Å². The van der Waals surface area contributed by atoms with Gasteiger partial charge >= 0.3 is 179 Å². The number of aromatic amines is 1. The summed E-state index contributed by atoms with van der Waals surface area (Å²) in [7, 11) is 0. The van der Waals surface area contributed by atoms with Crippen molar-refractivity contribution in [3.05, 3.63) is 212 Å². The maximum absolute atomic E-state index is 15.7. The van der Waals surface area contributed by atoms with Crippen LogP contribution in [-0.4, -0.2) is 122 Å². The Hall–Kier alpha value is -3.63. The van der Waals surface area contributed by atoms with Crippen molar-refractivity contribution in [3.63, 3.8) is 0 Å². The minimum atomic E-state index is -1.60. The van der Waals surface area contributed by atoms with Gasteiger partial charge in [-0.3, -0.25) is 19.3 Å². The molecule has 12 aromatic rings. The van der Waals surface area contributed by atoms with Gasteiger partial charge in [-0.05, 0) is 125 Å². The Morgan fingerprint density at radius 3 is 1.14 bits per heavy atom. The summed E-state index contributed by atoms with van der Waals surface area (Å²) in [5, 5.41) is 66.0.